The summed E-state index contributed by atoms with van der Waals surface area (Å²) in [7, 11) is 0. The van der Waals surface area contributed by atoms with Crippen molar-refractivity contribution < 1.29 is 14.7 Å². The largest absolute Gasteiger partial charge is 0.394 e. The third kappa shape index (κ3) is 6.16. The lowest BCUT2D eigenvalue weighted by atomic mass is 9.89. The van der Waals surface area contributed by atoms with Crippen molar-refractivity contribution >= 4 is 11.8 Å². The van der Waals surface area contributed by atoms with Crippen LogP contribution in [0.2, 0.25) is 0 Å². The lowest BCUT2D eigenvalue weighted by molar-refractivity contribution is -0.126. The van der Waals surface area contributed by atoms with Gasteiger partial charge in [-0.2, -0.15) is 0 Å². The first kappa shape index (κ1) is 19.4. The molecule has 1 atom stereocenters. The van der Waals surface area contributed by atoms with Crippen molar-refractivity contribution in [3.63, 3.8) is 0 Å². The summed E-state index contributed by atoms with van der Waals surface area (Å²) in [6.45, 7) is 2.28. The second-order valence-electron chi connectivity index (χ2n) is 6.77. The zero-order chi connectivity index (χ0) is 18.1. The fourth-order valence-electron chi connectivity index (χ4n) is 3.29. The molecule has 0 spiro atoms. The van der Waals surface area contributed by atoms with Gasteiger partial charge in [-0.15, -0.1) is 0 Å². The highest BCUT2D eigenvalue weighted by atomic mass is 16.3. The molecule has 1 unspecified atom stereocenters. The van der Waals surface area contributed by atoms with E-state index in [1.165, 1.54) is 12.0 Å². The molecule has 5 heteroatoms. The molecule has 1 fully saturated rings. The second-order valence-corrected chi connectivity index (χ2v) is 6.77. The van der Waals surface area contributed by atoms with Crippen molar-refractivity contribution in [2.24, 2.45) is 5.92 Å². The van der Waals surface area contributed by atoms with Crippen molar-refractivity contribution in [1.29, 1.82) is 0 Å². The van der Waals surface area contributed by atoms with E-state index in [1.54, 1.807) is 0 Å². The van der Waals surface area contributed by atoms with Gasteiger partial charge in [-0.05, 0) is 30.4 Å². The monoisotopic (exact) mass is 346 g/mol. The Kier molecular flexibility index (Phi) is 7.92. The van der Waals surface area contributed by atoms with Crippen LogP contribution in [0.1, 0.15) is 62.6 Å². The average molecular weight is 346 g/mol. The summed E-state index contributed by atoms with van der Waals surface area (Å²) >= 11 is 0. The van der Waals surface area contributed by atoms with Crippen molar-refractivity contribution in [1.82, 2.24) is 10.6 Å². The molecule has 0 aliphatic heterocycles. The molecule has 1 aliphatic rings. The topological polar surface area (TPSA) is 78.4 Å². The Bertz CT molecular complexity index is 551. The minimum absolute atomic E-state index is 0.0707. The van der Waals surface area contributed by atoms with Crippen LogP contribution in [0, 0.1) is 5.92 Å². The molecule has 1 aromatic carbocycles. The third-order valence-electron chi connectivity index (χ3n) is 4.94. The molecule has 25 heavy (non-hydrogen) atoms. The van der Waals surface area contributed by atoms with Crippen LogP contribution in [0.3, 0.4) is 0 Å². The van der Waals surface area contributed by atoms with E-state index in [1.807, 2.05) is 24.3 Å². The molecule has 2 rings (SSSR count). The molecular weight excluding hydrogens is 316 g/mol. The predicted molar refractivity (Wildman–Crippen MR) is 98.0 cm³/mol. The summed E-state index contributed by atoms with van der Waals surface area (Å²) in [6, 6.07) is 7.48. The molecule has 1 aromatic rings. The van der Waals surface area contributed by atoms with Crippen LogP contribution in [0.15, 0.2) is 24.3 Å². The smallest absolute Gasteiger partial charge is 0.223 e. The standard InChI is InChI=1S/C20H30N2O3/c1-2-15-8-10-16(11-9-15)18(14-23)22-19(24)12-13-21-20(25)17-6-4-3-5-7-17/h8-11,17-18,23H,2-7,12-14H2,1H3,(H,21,25)(H,22,24). The Labute approximate surface area is 150 Å². The molecule has 0 aromatic heterocycles. The lowest BCUT2D eigenvalue weighted by Crippen LogP contribution is -2.36. The first-order chi connectivity index (χ1) is 12.1. The van der Waals surface area contributed by atoms with E-state index in [4.69, 9.17) is 0 Å². The van der Waals surface area contributed by atoms with Crippen LogP contribution >= 0.6 is 0 Å². The van der Waals surface area contributed by atoms with Gasteiger partial charge in [0.1, 0.15) is 0 Å². The molecule has 5 nitrogen and oxygen atoms in total. The molecule has 0 saturated heterocycles. The number of nitrogens with one attached hydrogen (secondary N) is 2. The lowest BCUT2D eigenvalue weighted by Gasteiger charge is -2.21. The summed E-state index contributed by atoms with van der Waals surface area (Å²) in [5.41, 5.74) is 2.11. The number of benzene rings is 1. The van der Waals surface area contributed by atoms with E-state index < -0.39 is 6.04 Å². The van der Waals surface area contributed by atoms with Crippen molar-refractivity contribution in [3.05, 3.63) is 35.4 Å². The molecule has 3 N–H and O–H groups in total. The van der Waals surface area contributed by atoms with E-state index >= 15 is 0 Å². The highest BCUT2D eigenvalue weighted by molar-refractivity contribution is 5.80. The molecule has 138 valence electrons. The fourth-order valence-corrected chi connectivity index (χ4v) is 3.29. The molecule has 0 bridgehead atoms. The number of carbonyl (C=O) groups excluding carboxylic acids is 2. The van der Waals surface area contributed by atoms with Gasteiger partial charge in [0, 0.05) is 18.9 Å². The van der Waals surface area contributed by atoms with E-state index in [9.17, 15) is 14.7 Å². The minimum atomic E-state index is -0.410. The number of aliphatic hydroxyl groups is 1. The summed E-state index contributed by atoms with van der Waals surface area (Å²) in [6.07, 6.45) is 6.55. The van der Waals surface area contributed by atoms with Gasteiger partial charge < -0.3 is 15.7 Å². The molecule has 0 radical (unpaired) electrons. The van der Waals surface area contributed by atoms with Crippen molar-refractivity contribution in [3.8, 4) is 0 Å². The first-order valence-corrected chi connectivity index (χ1v) is 9.40. The quantitative estimate of drug-likeness (QED) is 0.677. The average Bonchev–Trinajstić information content (AvgIpc) is 2.66. The summed E-state index contributed by atoms with van der Waals surface area (Å²) in [4.78, 5) is 24.2. The number of carbonyl (C=O) groups is 2. The number of hydrogen-bond donors (Lipinski definition) is 3. The number of hydrogen-bond acceptors (Lipinski definition) is 3. The number of aryl methyl sites for hydroxylation is 1. The van der Waals surface area contributed by atoms with Gasteiger partial charge in [0.15, 0.2) is 0 Å². The van der Waals surface area contributed by atoms with E-state index in [0.717, 1.165) is 37.7 Å². The zero-order valence-corrected chi connectivity index (χ0v) is 15.1. The minimum Gasteiger partial charge on any atom is -0.394 e. The molecule has 0 heterocycles. The number of aliphatic hydroxyl groups excluding tert-OH is 1. The summed E-state index contributed by atoms with van der Waals surface area (Å²) in [5.74, 6) is 0.0167. The maximum Gasteiger partial charge on any atom is 0.223 e. The van der Waals surface area contributed by atoms with E-state index in [-0.39, 0.29) is 30.8 Å². The summed E-state index contributed by atoms with van der Waals surface area (Å²) in [5, 5.41) is 15.3. The van der Waals surface area contributed by atoms with Crippen LogP contribution in [0.25, 0.3) is 0 Å². The Hall–Kier alpha value is -1.88. The molecule has 2 amide bonds. The maximum atomic E-state index is 12.1. The second kappa shape index (κ2) is 10.2. The highest BCUT2D eigenvalue weighted by Crippen LogP contribution is 2.23. The molecular formula is C20H30N2O3. The van der Waals surface area contributed by atoms with Gasteiger partial charge in [0.25, 0.3) is 0 Å². The maximum absolute atomic E-state index is 12.1. The van der Waals surface area contributed by atoms with Crippen LogP contribution in [0.4, 0.5) is 0 Å². The predicted octanol–water partition coefficient (Wildman–Crippen LogP) is 2.49. The van der Waals surface area contributed by atoms with Gasteiger partial charge in [-0.1, -0.05) is 50.5 Å². The van der Waals surface area contributed by atoms with Crippen molar-refractivity contribution in [2.75, 3.05) is 13.2 Å². The van der Waals surface area contributed by atoms with Crippen molar-refractivity contribution in [2.45, 2.75) is 57.9 Å². The molecule has 1 saturated carbocycles. The Balaban J connectivity index is 1.74. The third-order valence-corrected chi connectivity index (χ3v) is 4.94. The van der Waals surface area contributed by atoms with Gasteiger partial charge in [-0.25, -0.2) is 0 Å². The Morgan fingerprint density at radius 3 is 2.44 bits per heavy atom. The van der Waals surface area contributed by atoms with Gasteiger partial charge in [0.05, 0.1) is 12.6 Å². The van der Waals surface area contributed by atoms with Gasteiger partial charge in [0.2, 0.25) is 11.8 Å². The highest BCUT2D eigenvalue weighted by Gasteiger charge is 2.21. The normalized spacial score (nSPS) is 16.2. The van der Waals surface area contributed by atoms with Crippen LogP contribution < -0.4 is 10.6 Å². The fraction of sp³-hybridized carbons (Fsp3) is 0.600. The van der Waals surface area contributed by atoms with E-state index in [2.05, 4.69) is 17.6 Å². The SMILES string of the molecule is CCc1ccc(C(CO)NC(=O)CCNC(=O)C2CCCCC2)cc1. The number of rotatable bonds is 8. The van der Waals surface area contributed by atoms with Crippen LogP contribution in [-0.2, 0) is 16.0 Å². The van der Waals surface area contributed by atoms with Gasteiger partial charge in [-0.3, -0.25) is 9.59 Å². The zero-order valence-electron chi connectivity index (χ0n) is 15.1. The number of amides is 2. The first-order valence-electron chi connectivity index (χ1n) is 9.40. The Morgan fingerprint density at radius 1 is 1.16 bits per heavy atom. The van der Waals surface area contributed by atoms with E-state index in [0.29, 0.717) is 6.54 Å². The Morgan fingerprint density at radius 2 is 1.84 bits per heavy atom. The van der Waals surface area contributed by atoms with Crippen LogP contribution in [-0.4, -0.2) is 30.1 Å². The summed E-state index contributed by atoms with van der Waals surface area (Å²) < 4.78 is 0. The van der Waals surface area contributed by atoms with Crippen LogP contribution in [0.5, 0.6) is 0 Å². The van der Waals surface area contributed by atoms with Gasteiger partial charge >= 0.3 is 0 Å². The molecule has 1 aliphatic carbocycles.